The zero-order valence-corrected chi connectivity index (χ0v) is 28.4. The van der Waals surface area contributed by atoms with Gasteiger partial charge in [0.2, 0.25) is 0 Å². The lowest BCUT2D eigenvalue weighted by Gasteiger charge is -2.26. The molecular weight excluding hydrogens is 605 g/mol. The van der Waals surface area contributed by atoms with Crippen molar-refractivity contribution in [3.8, 4) is 0 Å². The predicted octanol–water partition coefficient (Wildman–Crippen LogP) is 13.7. The molecule has 0 fully saturated rings. The highest BCUT2D eigenvalue weighted by atomic mass is 15.1. The SMILES string of the molecule is Cc1cc(N(c2ccccc2)c2ccc3ccccc3c2)ccc1/C=C/c1ccc(N(c2ccccc2)c2ccc3ccccc3c2)cc1C. The maximum absolute atomic E-state index is 2.34. The zero-order chi connectivity index (χ0) is 33.9. The van der Waals surface area contributed by atoms with Crippen molar-refractivity contribution in [1.82, 2.24) is 0 Å². The molecule has 8 aromatic rings. The Bertz CT molecular complexity index is 2290. The first-order valence-electron chi connectivity index (χ1n) is 17.2. The van der Waals surface area contributed by atoms with E-state index in [-0.39, 0.29) is 0 Å². The largest absolute Gasteiger partial charge is 0.310 e. The van der Waals surface area contributed by atoms with Crippen LogP contribution in [0.1, 0.15) is 22.3 Å². The van der Waals surface area contributed by atoms with E-state index in [2.05, 4.69) is 218 Å². The molecule has 0 amide bonds. The van der Waals surface area contributed by atoms with Gasteiger partial charge in [-0.1, -0.05) is 121 Å². The van der Waals surface area contributed by atoms with Gasteiger partial charge in [-0.25, -0.2) is 0 Å². The Kier molecular flexibility index (Phi) is 8.42. The van der Waals surface area contributed by atoms with Crippen LogP contribution in [0.15, 0.2) is 182 Å². The van der Waals surface area contributed by atoms with Crippen LogP contribution in [0, 0.1) is 13.8 Å². The van der Waals surface area contributed by atoms with Gasteiger partial charge in [-0.3, -0.25) is 0 Å². The third kappa shape index (κ3) is 6.27. The Hall–Kier alpha value is -6.38. The Morgan fingerprint density at radius 2 is 0.640 bits per heavy atom. The van der Waals surface area contributed by atoms with E-state index in [4.69, 9.17) is 0 Å². The number of anilines is 6. The van der Waals surface area contributed by atoms with Gasteiger partial charge in [0.25, 0.3) is 0 Å². The van der Waals surface area contributed by atoms with Gasteiger partial charge in [-0.15, -0.1) is 0 Å². The van der Waals surface area contributed by atoms with Crippen molar-refractivity contribution >= 4 is 67.8 Å². The fourth-order valence-corrected chi connectivity index (χ4v) is 6.83. The Morgan fingerprint density at radius 3 is 1.04 bits per heavy atom. The first-order chi connectivity index (χ1) is 24.6. The number of aryl methyl sites for hydroxylation is 2. The van der Waals surface area contributed by atoms with Crippen LogP contribution >= 0.6 is 0 Å². The molecule has 0 radical (unpaired) electrons. The van der Waals surface area contributed by atoms with Crippen LogP contribution in [0.3, 0.4) is 0 Å². The normalized spacial score (nSPS) is 11.3. The van der Waals surface area contributed by atoms with Gasteiger partial charge >= 0.3 is 0 Å². The average molecular weight is 643 g/mol. The van der Waals surface area contributed by atoms with Crippen molar-refractivity contribution in [3.63, 3.8) is 0 Å². The first kappa shape index (κ1) is 30.9. The molecule has 0 aliphatic rings. The van der Waals surface area contributed by atoms with Crippen LogP contribution in [-0.2, 0) is 0 Å². The molecule has 240 valence electrons. The lowest BCUT2D eigenvalue weighted by molar-refractivity contribution is 1.27. The summed E-state index contributed by atoms with van der Waals surface area (Å²) in [5.74, 6) is 0. The van der Waals surface area contributed by atoms with Gasteiger partial charge < -0.3 is 9.80 Å². The fourth-order valence-electron chi connectivity index (χ4n) is 6.83. The second kappa shape index (κ2) is 13.6. The molecule has 0 aliphatic carbocycles. The second-order valence-corrected chi connectivity index (χ2v) is 12.8. The molecule has 2 heteroatoms. The minimum atomic E-state index is 1.13. The lowest BCUT2D eigenvalue weighted by atomic mass is 10.0. The van der Waals surface area contributed by atoms with Crippen LogP contribution in [0.5, 0.6) is 0 Å². The maximum Gasteiger partial charge on any atom is 0.0468 e. The zero-order valence-electron chi connectivity index (χ0n) is 28.4. The third-order valence-corrected chi connectivity index (χ3v) is 9.48. The van der Waals surface area contributed by atoms with E-state index >= 15 is 0 Å². The summed E-state index contributed by atoms with van der Waals surface area (Å²) in [5, 5.41) is 4.94. The molecule has 8 aromatic carbocycles. The molecule has 0 unspecified atom stereocenters. The second-order valence-electron chi connectivity index (χ2n) is 12.8. The Morgan fingerprint density at radius 1 is 0.300 bits per heavy atom. The molecule has 0 aromatic heterocycles. The van der Waals surface area contributed by atoms with Gasteiger partial charge in [-0.2, -0.15) is 0 Å². The van der Waals surface area contributed by atoms with E-state index < -0.39 is 0 Å². The summed E-state index contributed by atoms with van der Waals surface area (Å²) in [7, 11) is 0. The highest BCUT2D eigenvalue weighted by Gasteiger charge is 2.15. The molecule has 0 bridgehead atoms. The van der Waals surface area contributed by atoms with E-state index in [1.54, 1.807) is 0 Å². The molecule has 0 atom stereocenters. The van der Waals surface area contributed by atoms with Crippen molar-refractivity contribution < 1.29 is 0 Å². The quantitative estimate of drug-likeness (QED) is 0.152. The minimum absolute atomic E-state index is 1.13. The van der Waals surface area contributed by atoms with E-state index in [9.17, 15) is 0 Å². The molecule has 0 spiro atoms. The summed E-state index contributed by atoms with van der Waals surface area (Å²) in [5.41, 5.74) is 11.7. The molecule has 0 N–H and O–H groups in total. The highest BCUT2D eigenvalue weighted by molar-refractivity contribution is 5.91. The van der Waals surface area contributed by atoms with Crippen LogP contribution in [0.4, 0.5) is 34.1 Å². The summed E-state index contributed by atoms with van der Waals surface area (Å²) in [4.78, 5) is 4.67. The molecule has 8 rings (SSSR count). The topological polar surface area (TPSA) is 6.48 Å². The number of hydrogen-bond donors (Lipinski definition) is 0. The number of fused-ring (bicyclic) bond motifs is 2. The van der Waals surface area contributed by atoms with Crippen LogP contribution in [-0.4, -0.2) is 0 Å². The standard InChI is InChI=1S/C48H38N2/c1-35-31-45(49(43-17-5-3-6-18-43)47-29-25-39-13-9-11-15-41(39)33-47)27-23-37(35)21-22-38-24-28-46(32-36(38)2)50(44-19-7-4-8-20-44)48-30-26-40-14-10-12-16-42(40)34-48/h3-34H,1-2H3/b22-21+. The van der Waals surface area contributed by atoms with Crippen molar-refractivity contribution in [2.45, 2.75) is 13.8 Å². The van der Waals surface area contributed by atoms with Gasteiger partial charge in [0.1, 0.15) is 0 Å². The third-order valence-electron chi connectivity index (χ3n) is 9.48. The molecule has 0 aliphatic heterocycles. The molecule has 0 heterocycles. The summed E-state index contributed by atoms with van der Waals surface area (Å²) < 4.78 is 0. The number of benzene rings is 8. The van der Waals surface area contributed by atoms with E-state index in [0.29, 0.717) is 0 Å². The van der Waals surface area contributed by atoms with E-state index in [1.165, 1.54) is 43.8 Å². The summed E-state index contributed by atoms with van der Waals surface area (Å²) >= 11 is 0. The number of para-hydroxylation sites is 2. The number of rotatable bonds is 8. The van der Waals surface area contributed by atoms with Crippen molar-refractivity contribution in [1.29, 1.82) is 0 Å². The molecule has 0 saturated carbocycles. The van der Waals surface area contributed by atoms with E-state index in [1.807, 2.05) is 0 Å². The first-order valence-corrected chi connectivity index (χ1v) is 17.2. The summed E-state index contributed by atoms with van der Waals surface area (Å²) in [6.07, 6.45) is 4.48. The van der Waals surface area contributed by atoms with Crippen LogP contribution in [0.25, 0.3) is 33.7 Å². The number of hydrogen-bond acceptors (Lipinski definition) is 2. The maximum atomic E-state index is 2.34. The van der Waals surface area contributed by atoms with E-state index in [0.717, 1.165) is 34.1 Å². The highest BCUT2D eigenvalue weighted by Crippen LogP contribution is 2.39. The molecule has 2 nitrogen and oxygen atoms in total. The van der Waals surface area contributed by atoms with Crippen molar-refractivity contribution in [2.75, 3.05) is 9.80 Å². The van der Waals surface area contributed by atoms with Gasteiger partial charge in [-0.05, 0) is 130 Å². The molecular formula is C48H38N2. The Labute approximate surface area is 294 Å². The Balaban J connectivity index is 1.10. The minimum Gasteiger partial charge on any atom is -0.310 e. The fraction of sp³-hybridized carbons (Fsp3) is 0.0417. The van der Waals surface area contributed by atoms with Crippen molar-refractivity contribution in [2.24, 2.45) is 0 Å². The van der Waals surface area contributed by atoms with Gasteiger partial charge in [0.05, 0.1) is 0 Å². The van der Waals surface area contributed by atoms with Gasteiger partial charge in [0, 0.05) is 34.1 Å². The molecule has 0 saturated heterocycles. The van der Waals surface area contributed by atoms with Crippen LogP contribution in [0.2, 0.25) is 0 Å². The van der Waals surface area contributed by atoms with Crippen molar-refractivity contribution in [3.05, 3.63) is 204 Å². The monoisotopic (exact) mass is 642 g/mol. The van der Waals surface area contributed by atoms with Gasteiger partial charge in [0.15, 0.2) is 0 Å². The predicted molar refractivity (Wildman–Crippen MR) is 216 cm³/mol. The summed E-state index contributed by atoms with van der Waals surface area (Å²) in [6, 6.07) is 65.2. The smallest absolute Gasteiger partial charge is 0.0468 e. The average Bonchev–Trinajstić information content (AvgIpc) is 3.16. The molecule has 50 heavy (non-hydrogen) atoms. The number of nitrogens with zero attached hydrogens (tertiary/aromatic N) is 2. The lowest BCUT2D eigenvalue weighted by Crippen LogP contribution is -2.10. The summed E-state index contributed by atoms with van der Waals surface area (Å²) in [6.45, 7) is 4.40. The van der Waals surface area contributed by atoms with Crippen LogP contribution < -0.4 is 9.80 Å².